The quantitative estimate of drug-likeness (QED) is 0.827. The van der Waals surface area contributed by atoms with E-state index in [9.17, 15) is 14.7 Å². The number of rotatable bonds is 4. The number of carbonyl (C=O) groups excluding carboxylic acids is 1. The van der Waals surface area contributed by atoms with E-state index in [0.29, 0.717) is 5.76 Å². The molecule has 1 heterocycles. The zero-order valence-corrected chi connectivity index (χ0v) is 10.2. The molecule has 1 atom stereocenters. The Labute approximate surface area is 99.2 Å². The average Bonchev–Trinajstić information content (AvgIpc) is 2.19. The van der Waals surface area contributed by atoms with E-state index in [1.807, 2.05) is 13.8 Å². The van der Waals surface area contributed by atoms with Crippen molar-refractivity contribution in [2.24, 2.45) is 11.7 Å². The maximum Gasteiger partial charge on any atom is 0.227 e. The minimum Gasteiger partial charge on any atom is -0.502 e. The Hall–Kier alpha value is -1.78. The predicted octanol–water partition coefficient (Wildman–Crippen LogP) is 1.27. The normalized spacial score (nSPS) is 12.7. The number of aromatic hydroxyl groups is 1. The number of primary amides is 1. The molecule has 1 aromatic heterocycles. The summed E-state index contributed by atoms with van der Waals surface area (Å²) in [5.74, 6) is -0.747. The van der Waals surface area contributed by atoms with Crippen molar-refractivity contribution in [1.29, 1.82) is 0 Å². The van der Waals surface area contributed by atoms with Crippen molar-refractivity contribution in [3.05, 3.63) is 27.8 Å². The summed E-state index contributed by atoms with van der Waals surface area (Å²) in [5.41, 5.74) is 4.65. The topological polar surface area (TPSA) is 93.5 Å². The van der Waals surface area contributed by atoms with Gasteiger partial charge in [-0.05, 0) is 12.8 Å². The molecule has 0 fully saturated rings. The molecule has 0 aliphatic heterocycles. The lowest BCUT2D eigenvalue weighted by atomic mass is 9.89. The van der Waals surface area contributed by atoms with Crippen molar-refractivity contribution in [2.45, 2.75) is 33.1 Å². The summed E-state index contributed by atoms with van der Waals surface area (Å²) in [4.78, 5) is 22.4. The minimum absolute atomic E-state index is 0.0262. The van der Waals surface area contributed by atoms with Crippen LogP contribution in [-0.4, -0.2) is 11.0 Å². The van der Waals surface area contributed by atoms with Crippen molar-refractivity contribution >= 4 is 5.91 Å². The average molecular weight is 239 g/mol. The molecule has 5 heteroatoms. The van der Waals surface area contributed by atoms with Crippen LogP contribution in [0.3, 0.4) is 0 Å². The first kappa shape index (κ1) is 13.3. The van der Waals surface area contributed by atoms with Crippen LogP contribution < -0.4 is 11.2 Å². The standard InChI is InChI=1S/C12H17NO4/c1-6(2)8(5-10(13)15)12-11(16)9(14)4-7(3)17-12/h4,6,8,16H,5H2,1-3H3,(H2,13,15)/t8-/m1/s1. The summed E-state index contributed by atoms with van der Waals surface area (Å²) >= 11 is 0. The first-order chi connectivity index (χ1) is 7.82. The molecule has 5 nitrogen and oxygen atoms in total. The Bertz CT molecular complexity index is 476. The highest BCUT2D eigenvalue weighted by Crippen LogP contribution is 2.32. The summed E-state index contributed by atoms with van der Waals surface area (Å²) in [6.07, 6.45) is 0.0393. The van der Waals surface area contributed by atoms with Gasteiger partial charge in [-0.3, -0.25) is 9.59 Å². The SMILES string of the molecule is Cc1cc(=O)c(O)c([C@H](CC(N)=O)C(C)C)o1. The second-order valence-corrected chi connectivity index (χ2v) is 4.46. The van der Waals surface area contributed by atoms with Gasteiger partial charge in [-0.15, -0.1) is 0 Å². The molecule has 0 radical (unpaired) electrons. The Morgan fingerprint density at radius 3 is 2.59 bits per heavy atom. The van der Waals surface area contributed by atoms with Gasteiger partial charge in [0, 0.05) is 18.4 Å². The van der Waals surface area contributed by atoms with Crippen LogP contribution in [0.5, 0.6) is 5.75 Å². The molecule has 0 saturated carbocycles. The third-order valence-corrected chi connectivity index (χ3v) is 2.63. The number of amides is 1. The zero-order chi connectivity index (χ0) is 13.2. The maximum absolute atomic E-state index is 11.4. The van der Waals surface area contributed by atoms with Gasteiger partial charge in [-0.1, -0.05) is 13.8 Å². The second-order valence-electron chi connectivity index (χ2n) is 4.46. The molecular weight excluding hydrogens is 222 g/mol. The molecule has 0 aliphatic rings. The summed E-state index contributed by atoms with van der Waals surface area (Å²) < 4.78 is 5.36. The van der Waals surface area contributed by atoms with E-state index in [1.54, 1.807) is 6.92 Å². The van der Waals surface area contributed by atoms with Crippen LogP contribution >= 0.6 is 0 Å². The van der Waals surface area contributed by atoms with Gasteiger partial charge in [-0.25, -0.2) is 0 Å². The van der Waals surface area contributed by atoms with E-state index in [2.05, 4.69) is 0 Å². The largest absolute Gasteiger partial charge is 0.502 e. The molecule has 1 aromatic rings. The van der Waals surface area contributed by atoms with Crippen molar-refractivity contribution in [3.8, 4) is 5.75 Å². The smallest absolute Gasteiger partial charge is 0.227 e. The Kier molecular flexibility index (Phi) is 3.93. The lowest BCUT2D eigenvalue weighted by Gasteiger charge is -2.19. The van der Waals surface area contributed by atoms with E-state index in [-0.39, 0.29) is 24.0 Å². The number of aryl methyl sites for hydroxylation is 1. The molecule has 94 valence electrons. The fourth-order valence-corrected chi connectivity index (χ4v) is 1.72. The van der Waals surface area contributed by atoms with Gasteiger partial charge in [0.2, 0.25) is 17.1 Å². The number of carbonyl (C=O) groups is 1. The molecule has 3 N–H and O–H groups in total. The van der Waals surface area contributed by atoms with Gasteiger partial charge in [0.1, 0.15) is 5.76 Å². The van der Waals surface area contributed by atoms with Gasteiger partial charge in [0.05, 0.1) is 0 Å². The van der Waals surface area contributed by atoms with Gasteiger partial charge < -0.3 is 15.3 Å². The molecule has 0 saturated heterocycles. The first-order valence-corrected chi connectivity index (χ1v) is 5.44. The summed E-state index contributed by atoms with van der Waals surface area (Å²) in [5, 5.41) is 9.70. The molecule has 0 aromatic carbocycles. The number of hydrogen-bond acceptors (Lipinski definition) is 4. The molecule has 1 rings (SSSR count). The first-order valence-electron chi connectivity index (χ1n) is 5.44. The molecule has 0 unspecified atom stereocenters. The van der Waals surface area contributed by atoms with Crippen LogP contribution in [-0.2, 0) is 4.79 Å². The number of hydrogen-bond donors (Lipinski definition) is 2. The lowest BCUT2D eigenvalue weighted by Crippen LogP contribution is -2.20. The molecule has 17 heavy (non-hydrogen) atoms. The Balaban J connectivity index is 3.27. The third kappa shape index (κ3) is 3.09. The maximum atomic E-state index is 11.4. The highest BCUT2D eigenvalue weighted by atomic mass is 16.4. The fraction of sp³-hybridized carbons (Fsp3) is 0.500. The molecule has 0 aliphatic carbocycles. The Morgan fingerprint density at radius 2 is 2.12 bits per heavy atom. The molecule has 0 spiro atoms. The van der Waals surface area contributed by atoms with Crippen LogP contribution in [0.2, 0.25) is 0 Å². The lowest BCUT2D eigenvalue weighted by molar-refractivity contribution is -0.118. The predicted molar refractivity (Wildman–Crippen MR) is 62.8 cm³/mol. The van der Waals surface area contributed by atoms with E-state index in [4.69, 9.17) is 10.2 Å². The third-order valence-electron chi connectivity index (χ3n) is 2.63. The molecule has 1 amide bonds. The summed E-state index contributed by atoms with van der Waals surface area (Å²) in [6, 6.07) is 1.21. The van der Waals surface area contributed by atoms with Crippen molar-refractivity contribution in [3.63, 3.8) is 0 Å². The van der Waals surface area contributed by atoms with Gasteiger partial charge in [0.15, 0.2) is 5.76 Å². The fourth-order valence-electron chi connectivity index (χ4n) is 1.72. The van der Waals surface area contributed by atoms with E-state index >= 15 is 0 Å². The minimum atomic E-state index is -0.501. The molecule has 0 bridgehead atoms. The van der Waals surface area contributed by atoms with Crippen LogP contribution in [0, 0.1) is 12.8 Å². The second kappa shape index (κ2) is 5.03. The van der Waals surface area contributed by atoms with Crippen LogP contribution in [0.15, 0.2) is 15.3 Å². The van der Waals surface area contributed by atoms with Crippen LogP contribution in [0.1, 0.15) is 37.7 Å². The van der Waals surface area contributed by atoms with Crippen LogP contribution in [0.25, 0.3) is 0 Å². The Morgan fingerprint density at radius 1 is 1.53 bits per heavy atom. The van der Waals surface area contributed by atoms with Crippen molar-refractivity contribution in [1.82, 2.24) is 0 Å². The summed E-state index contributed by atoms with van der Waals surface area (Å²) in [7, 11) is 0. The monoisotopic (exact) mass is 239 g/mol. The highest BCUT2D eigenvalue weighted by molar-refractivity contribution is 5.74. The molecular formula is C12H17NO4. The van der Waals surface area contributed by atoms with Gasteiger partial charge in [-0.2, -0.15) is 0 Å². The zero-order valence-electron chi connectivity index (χ0n) is 10.2. The van der Waals surface area contributed by atoms with Gasteiger partial charge >= 0.3 is 0 Å². The highest BCUT2D eigenvalue weighted by Gasteiger charge is 2.25. The van der Waals surface area contributed by atoms with E-state index in [1.165, 1.54) is 6.07 Å². The van der Waals surface area contributed by atoms with Gasteiger partial charge in [0.25, 0.3) is 0 Å². The van der Waals surface area contributed by atoms with Crippen molar-refractivity contribution < 1.29 is 14.3 Å². The van der Waals surface area contributed by atoms with E-state index < -0.39 is 17.1 Å². The van der Waals surface area contributed by atoms with E-state index in [0.717, 1.165) is 0 Å². The van der Waals surface area contributed by atoms with Crippen molar-refractivity contribution in [2.75, 3.05) is 0 Å². The van der Waals surface area contributed by atoms with Crippen LogP contribution in [0.4, 0.5) is 0 Å². The summed E-state index contributed by atoms with van der Waals surface area (Å²) in [6.45, 7) is 5.36. The number of nitrogens with two attached hydrogens (primary N) is 1.